The number of ether oxygens (including phenoxy) is 2. The fourth-order valence-electron chi connectivity index (χ4n) is 5.45. The Morgan fingerprint density at radius 3 is 2.74 bits per heavy atom. The fraction of sp³-hybridized carbons (Fsp3) is 0.379. The van der Waals surface area contributed by atoms with Crippen LogP contribution in [-0.4, -0.2) is 88.3 Å². The van der Waals surface area contributed by atoms with E-state index in [4.69, 9.17) is 19.4 Å². The van der Waals surface area contributed by atoms with Crippen molar-refractivity contribution in [2.45, 2.75) is 25.8 Å². The molecule has 1 atom stereocenters. The monoisotopic (exact) mass is 527 g/mol. The van der Waals surface area contributed by atoms with Crippen LogP contribution < -0.4 is 14.4 Å². The van der Waals surface area contributed by atoms with Crippen LogP contribution in [0.3, 0.4) is 0 Å². The van der Waals surface area contributed by atoms with E-state index in [0.29, 0.717) is 56.1 Å². The summed E-state index contributed by atoms with van der Waals surface area (Å²) in [4.78, 5) is 28.2. The molecule has 10 heteroatoms. The molecule has 0 radical (unpaired) electrons. The van der Waals surface area contributed by atoms with Gasteiger partial charge in [0.1, 0.15) is 23.7 Å². The number of carbonyl (C=O) groups is 1. The third-order valence-corrected chi connectivity index (χ3v) is 7.77. The maximum atomic E-state index is 12.1. The molecule has 0 bridgehead atoms. The first-order valence-electron chi connectivity index (χ1n) is 13.4. The van der Waals surface area contributed by atoms with E-state index in [1.807, 2.05) is 42.2 Å². The summed E-state index contributed by atoms with van der Waals surface area (Å²) in [5, 5.41) is 8.99. The number of carbonyl (C=O) groups excluding carboxylic acids is 1. The van der Waals surface area contributed by atoms with Crippen LogP contribution in [0, 0.1) is 6.92 Å². The normalized spacial score (nSPS) is 18.2. The highest BCUT2D eigenvalue weighted by atomic mass is 16.5. The molecule has 2 aliphatic rings. The maximum Gasteiger partial charge on any atom is 0.319 e. The minimum atomic E-state index is -0.0496. The molecule has 2 fully saturated rings. The van der Waals surface area contributed by atoms with Gasteiger partial charge in [0.15, 0.2) is 5.75 Å². The standard InChI is InChI=1S/C29H33N7O3/c1-4-25(37)35-13-15-36(16-14-35)28-21-8-5-9-24(39-27-19(2)10-11-23-22(27)17-30-33-23)26(21)31-29(32-28)38-18-20-7-6-12-34(20)3/h4-5,8-11,17,20H,1,6-7,12-16,18H2,2-3H3,(H,30,33)/t20-/m1/s1. The molecule has 0 aliphatic carbocycles. The quantitative estimate of drug-likeness (QED) is 0.361. The van der Waals surface area contributed by atoms with Gasteiger partial charge in [-0.3, -0.25) is 9.89 Å². The molecule has 2 saturated heterocycles. The van der Waals surface area contributed by atoms with Crippen molar-refractivity contribution in [2.24, 2.45) is 0 Å². The first-order chi connectivity index (χ1) is 19.0. The second kappa shape index (κ2) is 10.5. The Balaban J connectivity index is 1.38. The van der Waals surface area contributed by atoms with Crippen LogP contribution in [0.4, 0.5) is 5.82 Å². The summed E-state index contributed by atoms with van der Waals surface area (Å²) in [7, 11) is 2.13. The number of piperazine rings is 1. The average molecular weight is 528 g/mol. The number of fused-ring (bicyclic) bond motifs is 2. The molecule has 6 rings (SSSR count). The van der Waals surface area contributed by atoms with Crippen LogP contribution in [0.5, 0.6) is 17.5 Å². The molecule has 4 aromatic rings. The highest BCUT2D eigenvalue weighted by molar-refractivity contribution is 5.95. The van der Waals surface area contributed by atoms with Crippen LogP contribution in [0.2, 0.25) is 0 Å². The van der Waals surface area contributed by atoms with Gasteiger partial charge in [-0.2, -0.15) is 15.1 Å². The minimum Gasteiger partial charge on any atom is -0.462 e. The summed E-state index contributed by atoms with van der Waals surface area (Å²) in [6.45, 7) is 9.73. The molecule has 0 saturated carbocycles. The van der Waals surface area contributed by atoms with Gasteiger partial charge in [0, 0.05) is 37.6 Å². The number of H-pyrrole nitrogens is 1. The number of aryl methyl sites for hydroxylation is 1. The van der Waals surface area contributed by atoms with Crippen molar-refractivity contribution in [1.29, 1.82) is 0 Å². The summed E-state index contributed by atoms with van der Waals surface area (Å²) >= 11 is 0. The number of para-hydroxylation sites is 1. The maximum absolute atomic E-state index is 12.1. The van der Waals surface area contributed by atoms with Gasteiger partial charge in [-0.15, -0.1) is 0 Å². The summed E-state index contributed by atoms with van der Waals surface area (Å²) in [6.07, 6.45) is 5.41. The molecule has 1 amide bonds. The molecule has 4 heterocycles. The lowest BCUT2D eigenvalue weighted by atomic mass is 10.1. The predicted molar refractivity (Wildman–Crippen MR) is 151 cm³/mol. The molecule has 202 valence electrons. The second-order valence-corrected chi connectivity index (χ2v) is 10.2. The van der Waals surface area contributed by atoms with Crippen LogP contribution in [0.25, 0.3) is 21.8 Å². The Labute approximate surface area is 227 Å². The van der Waals surface area contributed by atoms with E-state index in [0.717, 1.165) is 46.4 Å². The number of aromatic nitrogens is 4. The molecule has 0 spiro atoms. The van der Waals surface area contributed by atoms with Gasteiger partial charge in [-0.25, -0.2) is 0 Å². The van der Waals surface area contributed by atoms with Gasteiger partial charge in [0.05, 0.1) is 17.1 Å². The number of anilines is 1. The van der Waals surface area contributed by atoms with Crippen LogP contribution >= 0.6 is 0 Å². The lowest BCUT2D eigenvalue weighted by Crippen LogP contribution is -2.48. The number of nitrogens with one attached hydrogen (secondary N) is 1. The number of rotatable bonds is 7. The van der Waals surface area contributed by atoms with Crippen molar-refractivity contribution >= 4 is 33.5 Å². The molecule has 0 unspecified atom stereocenters. The number of likely N-dealkylation sites (N-methyl/N-ethyl adjacent to an activating group) is 1. The number of nitrogens with zero attached hydrogens (tertiary/aromatic N) is 6. The predicted octanol–water partition coefficient (Wildman–Crippen LogP) is 3.91. The van der Waals surface area contributed by atoms with Crippen molar-refractivity contribution in [1.82, 2.24) is 30.0 Å². The zero-order valence-electron chi connectivity index (χ0n) is 22.4. The number of amides is 1. The highest BCUT2D eigenvalue weighted by Gasteiger charge is 2.26. The second-order valence-electron chi connectivity index (χ2n) is 10.2. The molecule has 10 nitrogen and oxygen atoms in total. The van der Waals surface area contributed by atoms with E-state index in [2.05, 4.69) is 33.6 Å². The summed E-state index contributed by atoms with van der Waals surface area (Å²) in [5.74, 6) is 2.09. The SMILES string of the molecule is C=CC(=O)N1CCN(c2nc(OC[C@H]3CCCN3C)nc3c(Oc4c(C)ccc5[nH]ncc45)cccc23)CC1. The number of hydrogen-bond acceptors (Lipinski definition) is 8. The Kier molecular flexibility index (Phi) is 6.78. The van der Waals surface area contributed by atoms with Crippen LogP contribution in [0.15, 0.2) is 49.2 Å². The summed E-state index contributed by atoms with van der Waals surface area (Å²) < 4.78 is 12.8. The Morgan fingerprint density at radius 1 is 1.13 bits per heavy atom. The number of aromatic amines is 1. The summed E-state index contributed by atoms with van der Waals surface area (Å²) in [5.41, 5.74) is 2.59. The van der Waals surface area contributed by atoms with Crippen molar-refractivity contribution in [2.75, 3.05) is 51.3 Å². The van der Waals surface area contributed by atoms with Gasteiger partial charge >= 0.3 is 6.01 Å². The Hall–Kier alpha value is -4.18. The third-order valence-electron chi connectivity index (χ3n) is 7.77. The van der Waals surface area contributed by atoms with Gasteiger partial charge in [-0.05, 0) is 63.2 Å². The molecule has 1 N–H and O–H groups in total. The Morgan fingerprint density at radius 2 is 1.97 bits per heavy atom. The van der Waals surface area contributed by atoms with Gasteiger partial charge in [0.25, 0.3) is 0 Å². The van der Waals surface area contributed by atoms with Crippen molar-refractivity contribution in [3.05, 3.63) is 54.7 Å². The topological polar surface area (TPSA) is 99.7 Å². The minimum absolute atomic E-state index is 0.0496. The van der Waals surface area contributed by atoms with Crippen LogP contribution in [-0.2, 0) is 4.79 Å². The fourth-order valence-corrected chi connectivity index (χ4v) is 5.45. The lowest BCUT2D eigenvalue weighted by molar-refractivity contribution is -0.126. The van der Waals surface area contributed by atoms with Crippen molar-refractivity contribution in [3.8, 4) is 17.5 Å². The Bertz CT molecular complexity index is 1530. The van der Waals surface area contributed by atoms with E-state index in [9.17, 15) is 4.79 Å². The molecule has 2 aliphatic heterocycles. The first-order valence-corrected chi connectivity index (χ1v) is 13.4. The molecular weight excluding hydrogens is 494 g/mol. The number of likely N-dealkylation sites (tertiary alicyclic amines) is 1. The average Bonchev–Trinajstić information content (AvgIpc) is 3.61. The van der Waals surface area contributed by atoms with E-state index in [1.54, 1.807) is 6.20 Å². The van der Waals surface area contributed by atoms with Gasteiger partial charge < -0.3 is 24.2 Å². The molecule has 2 aromatic carbocycles. The number of hydrogen-bond donors (Lipinski definition) is 1. The van der Waals surface area contributed by atoms with E-state index < -0.39 is 0 Å². The van der Waals surface area contributed by atoms with E-state index in [-0.39, 0.29) is 5.91 Å². The zero-order valence-corrected chi connectivity index (χ0v) is 22.4. The summed E-state index contributed by atoms with van der Waals surface area (Å²) in [6, 6.07) is 10.6. The third kappa shape index (κ3) is 4.87. The van der Waals surface area contributed by atoms with E-state index in [1.165, 1.54) is 12.5 Å². The zero-order chi connectivity index (χ0) is 26.9. The molecule has 39 heavy (non-hydrogen) atoms. The largest absolute Gasteiger partial charge is 0.462 e. The highest BCUT2D eigenvalue weighted by Crippen LogP contribution is 2.38. The smallest absolute Gasteiger partial charge is 0.319 e. The van der Waals surface area contributed by atoms with Crippen molar-refractivity contribution < 1.29 is 14.3 Å². The number of benzene rings is 2. The lowest BCUT2D eigenvalue weighted by Gasteiger charge is -2.35. The first kappa shape index (κ1) is 25.1. The van der Waals surface area contributed by atoms with Crippen molar-refractivity contribution in [3.63, 3.8) is 0 Å². The molecular formula is C29H33N7O3. The van der Waals surface area contributed by atoms with E-state index >= 15 is 0 Å². The molecule has 2 aromatic heterocycles. The van der Waals surface area contributed by atoms with Gasteiger partial charge in [0.2, 0.25) is 5.91 Å². The van der Waals surface area contributed by atoms with Gasteiger partial charge in [-0.1, -0.05) is 18.7 Å². The van der Waals surface area contributed by atoms with Crippen LogP contribution in [0.1, 0.15) is 18.4 Å².